The lowest BCUT2D eigenvalue weighted by atomic mass is 9.92. The van der Waals surface area contributed by atoms with Crippen LogP contribution < -0.4 is 5.32 Å². The van der Waals surface area contributed by atoms with E-state index in [1.165, 1.54) is 0 Å². The zero-order valence-corrected chi connectivity index (χ0v) is 10.4. The Kier molecular flexibility index (Phi) is 2.97. The summed E-state index contributed by atoms with van der Waals surface area (Å²) in [5.74, 6) is -0.434. The highest BCUT2D eigenvalue weighted by Crippen LogP contribution is 2.29. The second-order valence-corrected chi connectivity index (χ2v) is 4.55. The van der Waals surface area contributed by atoms with E-state index in [0.29, 0.717) is 10.6 Å². The molecule has 1 aromatic rings. The van der Waals surface area contributed by atoms with Crippen molar-refractivity contribution in [2.45, 2.75) is 12.5 Å². The number of nitrogens with zero attached hydrogens (tertiary/aromatic N) is 2. The summed E-state index contributed by atoms with van der Waals surface area (Å²) in [7, 11) is 0. The minimum absolute atomic E-state index is 0.256. The third-order valence-corrected chi connectivity index (χ3v) is 3.18. The van der Waals surface area contributed by atoms with Gasteiger partial charge in [0.2, 0.25) is 0 Å². The lowest BCUT2D eigenvalue weighted by Crippen LogP contribution is -2.40. The van der Waals surface area contributed by atoms with Gasteiger partial charge in [-0.3, -0.25) is 4.79 Å². The maximum absolute atomic E-state index is 12.2. The molecule has 18 heavy (non-hydrogen) atoms. The highest BCUT2D eigenvalue weighted by Gasteiger charge is 2.48. The van der Waals surface area contributed by atoms with Crippen molar-refractivity contribution in [1.29, 1.82) is 5.26 Å². The number of nitrogens with one attached hydrogen (secondary N) is 1. The lowest BCUT2D eigenvalue weighted by Gasteiger charge is -2.21. The Balaban J connectivity index is 2.39. The van der Waals surface area contributed by atoms with E-state index in [9.17, 15) is 9.59 Å². The lowest BCUT2D eigenvalue weighted by molar-refractivity contribution is -0.130. The number of urea groups is 1. The number of hydrogen-bond acceptors (Lipinski definition) is 3. The molecule has 3 amide bonds. The number of hydrogen-bond donors (Lipinski definition) is 1. The fourth-order valence-corrected chi connectivity index (χ4v) is 2.02. The summed E-state index contributed by atoms with van der Waals surface area (Å²) < 4.78 is 0. The number of benzene rings is 1. The highest BCUT2D eigenvalue weighted by molar-refractivity contribution is 6.30. The fourth-order valence-electron chi connectivity index (χ4n) is 1.89. The van der Waals surface area contributed by atoms with Gasteiger partial charge in [0.1, 0.15) is 12.1 Å². The number of rotatable bonds is 2. The molecule has 92 valence electrons. The maximum atomic E-state index is 12.2. The minimum Gasteiger partial charge on any atom is -0.319 e. The van der Waals surface area contributed by atoms with Gasteiger partial charge in [0.05, 0.1) is 6.07 Å². The van der Waals surface area contributed by atoms with Crippen LogP contribution in [0.5, 0.6) is 0 Å². The van der Waals surface area contributed by atoms with Crippen LogP contribution >= 0.6 is 11.6 Å². The molecule has 2 rings (SSSR count). The van der Waals surface area contributed by atoms with Gasteiger partial charge in [0.25, 0.3) is 5.91 Å². The van der Waals surface area contributed by atoms with Crippen molar-refractivity contribution in [2.24, 2.45) is 0 Å². The van der Waals surface area contributed by atoms with E-state index >= 15 is 0 Å². The van der Waals surface area contributed by atoms with E-state index in [4.69, 9.17) is 16.9 Å². The van der Waals surface area contributed by atoms with E-state index in [-0.39, 0.29) is 6.54 Å². The topological polar surface area (TPSA) is 73.2 Å². The van der Waals surface area contributed by atoms with E-state index in [1.54, 1.807) is 37.3 Å². The van der Waals surface area contributed by atoms with Crippen LogP contribution in [0.25, 0.3) is 0 Å². The van der Waals surface area contributed by atoms with Crippen LogP contribution in [-0.4, -0.2) is 23.4 Å². The van der Waals surface area contributed by atoms with Crippen molar-refractivity contribution in [2.75, 3.05) is 6.54 Å². The molecule has 5 nitrogen and oxygen atoms in total. The largest absolute Gasteiger partial charge is 0.326 e. The first-order valence-electron chi connectivity index (χ1n) is 5.26. The summed E-state index contributed by atoms with van der Waals surface area (Å²) in [4.78, 5) is 24.7. The Hall–Kier alpha value is -2.06. The first-order chi connectivity index (χ1) is 8.49. The molecule has 0 spiro atoms. The highest BCUT2D eigenvalue weighted by atomic mass is 35.5. The van der Waals surface area contributed by atoms with Gasteiger partial charge in [-0.1, -0.05) is 23.7 Å². The molecule has 1 heterocycles. The molecule has 1 aromatic carbocycles. The van der Waals surface area contributed by atoms with Crippen LogP contribution in [0.2, 0.25) is 5.02 Å². The summed E-state index contributed by atoms with van der Waals surface area (Å²) >= 11 is 5.78. The predicted octanol–water partition coefficient (Wildman–Crippen LogP) is 1.63. The molecule has 0 aromatic heterocycles. The number of halogens is 1. The molecule has 1 saturated heterocycles. The van der Waals surface area contributed by atoms with Gasteiger partial charge in [-0.2, -0.15) is 5.26 Å². The van der Waals surface area contributed by atoms with Gasteiger partial charge in [-0.05, 0) is 24.6 Å². The first kappa shape index (κ1) is 12.4. The van der Waals surface area contributed by atoms with Crippen LogP contribution in [-0.2, 0) is 10.3 Å². The average molecular weight is 264 g/mol. The van der Waals surface area contributed by atoms with Crippen molar-refractivity contribution in [3.63, 3.8) is 0 Å². The monoisotopic (exact) mass is 263 g/mol. The standard InChI is InChI=1S/C12H10ClN3O2/c1-12(8-2-4-9(13)5-3-8)10(17)16(7-6-14)11(18)15-12/h2-5H,7H2,1H3,(H,15,18)/t12-/m1/s1. The molecule has 0 aliphatic carbocycles. The van der Waals surface area contributed by atoms with E-state index in [0.717, 1.165) is 4.90 Å². The molecule has 1 aliphatic heterocycles. The Bertz CT molecular complexity index is 549. The van der Waals surface area contributed by atoms with Gasteiger partial charge >= 0.3 is 6.03 Å². The number of amides is 3. The zero-order chi connectivity index (χ0) is 13.3. The molecular formula is C12H10ClN3O2. The van der Waals surface area contributed by atoms with Gasteiger partial charge < -0.3 is 5.32 Å². The predicted molar refractivity (Wildman–Crippen MR) is 64.7 cm³/mol. The third-order valence-electron chi connectivity index (χ3n) is 2.93. The maximum Gasteiger partial charge on any atom is 0.326 e. The van der Waals surface area contributed by atoms with Crippen LogP contribution in [0.15, 0.2) is 24.3 Å². The molecule has 1 fully saturated rings. The Morgan fingerprint density at radius 3 is 2.56 bits per heavy atom. The molecule has 1 atom stereocenters. The van der Waals surface area contributed by atoms with Crippen molar-refractivity contribution >= 4 is 23.5 Å². The van der Waals surface area contributed by atoms with Crippen LogP contribution in [0.4, 0.5) is 4.79 Å². The zero-order valence-electron chi connectivity index (χ0n) is 9.61. The van der Waals surface area contributed by atoms with E-state index in [1.807, 2.05) is 0 Å². The van der Waals surface area contributed by atoms with Gasteiger partial charge in [-0.25, -0.2) is 9.69 Å². The number of nitriles is 1. The quantitative estimate of drug-likeness (QED) is 0.651. The molecule has 1 N–H and O–H groups in total. The minimum atomic E-state index is -1.14. The van der Waals surface area contributed by atoms with E-state index < -0.39 is 17.5 Å². The van der Waals surface area contributed by atoms with Gasteiger partial charge in [-0.15, -0.1) is 0 Å². The summed E-state index contributed by atoms with van der Waals surface area (Å²) in [5, 5.41) is 11.7. The molecule has 1 aliphatic rings. The van der Waals surface area contributed by atoms with Crippen molar-refractivity contribution in [3.05, 3.63) is 34.9 Å². The molecule has 0 bridgehead atoms. The number of imide groups is 1. The third kappa shape index (κ3) is 1.81. The SMILES string of the molecule is C[C@]1(c2ccc(Cl)cc2)NC(=O)N(CC#N)C1=O. The second-order valence-electron chi connectivity index (χ2n) is 4.11. The Morgan fingerprint density at radius 2 is 2.00 bits per heavy atom. The average Bonchev–Trinajstić information content (AvgIpc) is 2.55. The molecule has 0 unspecified atom stereocenters. The molecule has 0 radical (unpaired) electrons. The van der Waals surface area contributed by atoms with E-state index in [2.05, 4.69) is 5.32 Å². The van der Waals surface area contributed by atoms with Gasteiger partial charge in [0.15, 0.2) is 0 Å². The number of carbonyl (C=O) groups excluding carboxylic acids is 2. The first-order valence-corrected chi connectivity index (χ1v) is 5.64. The number of carbonyl (C=O) groups is 2. The summed E-state index contributed by atoms with van der Waals surface area (Å²) in [6.45, 7) is 1.35. The van der Waals surface area contributed by atoms with Crippen molar-refractivity contribution < 1.29 is 9.59 Å². The van der Waals surface area contributed by atoms with Crippen LogP contribution in [0, 0.1) is 11.3 Å². The molecule has 0 saturated carbocycles. The van der Waals surface area contributed by atoms with Crippen LogP contribution in [0.1, 0.15) is 12.5 Å². The summed E-state index contributed by atoms with van der Waals surface area (Å²) in [6.07, 6.45) is 0. The normalized spacial score (nSPS) is 22.8. The smallest absolute Gasteiger partial charge is 0.319 e. The van der Waals surface area contributed by atoms with Crippen molar-refractivity contribution in [3.8, 4) is 6.07 Å². The Morgan fingerprint density at radius 1 is 1.39 bits per heavy atom. The van der Waals surface area contributed by atoms with Gasteiger partial charge in [0, 0.05) is 5.02 Å². The summed E-state index contributed by atoms with van der Waals surface area (Å²) in [5.41, 5.74) is -0.510. The fraction of sp³-hybridized carbons (Fsp3) is 0.250. The summed E-state index contributed by atoms with van der Waals surface area (Å²) in [6, 6.07) is 7.88. The second kappa shape index (κ2) is 4.31. The molecule has 6 heteroatoms. The Labute approximate surface area is 109 Å². The van der Waals surface area contributed by atoms with Crippen LogP contribution in [0.3, 0.4) is 0 Å². The molecular weight excluding hydrogens is 254 g/mol. The van der Waals surface area contributed by atoms with Crippen molar-refractivity contribution in [1.82, 2.24) is 10.2 Å².